The van der Waals surface area contributed by atoms with Crippen LogP contribution in [0.5, 0.6) is 11.5 Å². The van der Waals surface area contributed by atoms with Gasteiger partial charge in [-0.1, -0.05) is 12.1 Å². The average molecular weight is 496 g/mol. The number of anilines is 3. The van der Waals surface area contributed by atoms with Crippen LogP contribution in [0.4, 0.5) is 17.1 Å². The van der Waals surface area contributed by atoms with Crippen molar-refractivity contribution in [1.82, 2.24) is 0 Å². The van der Waals surface area contributed by atoms with E-state index in [9.17, 15) is 13.2 Å². The van der Waals surface area contributed by atoms with Crippen LogP contribution in [0.15, 0.2) is 71.6 Å². The first-order valence-electron chi connectivity index (χ1n) is 11.4. The summed E-state index contributed by atoms with van der Waals surface area (Å²) in [5.41, 5.74) is 2.29. The largest absolute Gasteiger partial charge is 0.497 e. The van der Waals surface area contributed by atoms with Crippen LogP contribution in [0.3, 0.4) is 0 Å². The number of carbonyl (C=O) groups is 1. The van der Waals surface area contributed by atoms with E-state index in [2.05, 4.69) is 14.9 Å². The van der Waals surface area contributed by atoms with Crippen LogP contribution in [0.1, 0.15) is 18.4 Å². The van der Waals surface area contributed by atoms with Gasteiger partial charge in [-0.3, -0.25) is 9.52 Å². The Kier molecular flexibility index (Phi) is 7.45. The zero-order valence-corrected chi connectivity index (χ0v) is 20.6. The fourth-order valence-corrected chi connectivity index (χ4v) is 5.34. The monoisotopic (exact) mass is 495 g/mol. The van der Waals surface area contributed by atoms with Gasteiger partial charge in [0.15, 0.2) is 0 Å². The molecule has 1 aliphatic heterocycles. The first-order valence-corrected chi connectivity index (χ1v) is 12.8. The molecule has 0 saturated carbocycles. The van der Waals surface area contributed by atoms with Crippen LogP contribution in [0.2, 0.25) is 0 Å². The third kappa shape index (κ3) is 6.05. The van der Waals surface area contributed by atoms with E-state index in [-0.39, 0.29) is 17.2 Å². The highest BCUT2D eigenvalue weighted by atomic mass is 32.2. The van der Waals surface area contributed by atoms with E-state index in [0.717, 1.165) is 31.5 Å². The summed E-state index contributed by atoms with van der Waals surface area (Å²) in [6.45, 7) is 1.57. The molecule has 3 aromatic carbocycles. The van der Waals surface area contributed by atoms with Gasteiger partial charge in [0.1, 0.15) is 16.4 Å². The Morgan fingerprint density at radius 3 is 2.03 bits per heavy atom. The summed E-state index contributed by atoms with van der Waals surface area (Å²) in [6, 6.07) is 18.9. The quantitative estimate of drug-likeness (QED) is 0.460. The van der Waals surface area contributed by atoms with Crippen molar-refractivity contribution in [3.05, 3.63) is 72.3 Å². The Balaban J connectivity index is 1.57. The minimum absolute atomic E-state index is 0.123. The second-order valence-electron chi connectivity index (χ2n) is 8.28. The maximum absolute atomic E-state index is 13.4. The number of rotatable bonds is 9. The normalized spacial score (nSPS) is 13.4. The van der Waals surface area contributed by atoms with Gasteiger partial charge in [0.2, 0.25) is 5.91 Å². The third-order valence-electron chi connectivity index (χ3n) is 5.85. The van der Waals surface area contributed by atoms with Gasteiger partial charge in [0.25, 0.3) is 10.0 Å². The maximum atomic E-state index is 13.4. The first-order chi connectivity index (χ1) is 16.9. The van der Waals surface area contributed by atoms with Crippen molar-refractivity contribution in [2.45, 2.75) is 24.2 Å². The number of carbonyl (C=O) groups excluding carboxylic acids is 1. The van der Waals surface area contributed by atoms with Gasteiger partial charge in [-0.2, -0.15) is 0 Å². The first kappa shape index (κ1) is 24.4. The summed E-state index contributed by atoms with van der Waals surface area (Å²) in [5, 5.41) is 2.83. The number of amides is 1. The van der Waals surface area contributed by atoms with Crippen LogP contribution >= 0.6 is 0 Å². The van der Waals surface area contributed by atoms with Gasteiger partial charge < -0.3 is 19.7 Å². The van der Waals surface area contributed by atoms with Crippen molar-refractivity contribution < 1.29 is 22.7 Å². The molecule has 2 N–H and O–H groups in total. The Bertz CT molecular complexity index is 1270. The van der Waals surface area contributed by atoms with E-state index in [0.29, 0.717) is 28.6 Å². The molecule has 0 atom stereocenters. The molecule has 0 spiro atoms. The maximum Gasteiger partial charge on any atom is 0.264 e. The summed E-state index contributed by atoms with van der Waals surface area (Å²) in [7, 11) is -0.786. The SMILES string of the molecule is COc1ccc(CC(=O)Nc2ccc(N3CCCC3)c(S(=O)(=O)Nc3ccc(OC)cc3)c2)cc1. The zero-order chi connectivity index (χ0) is 24.8. The van der Waals surface area contributed by atoms with Crippen molar-refractivity contribution in [1.29, 1.82) is 0 Å². The fourth-order valence-electron chi connectivity index (χ4n) is 4.03. The average Bonchev–Trinajstić information content (AvgIpc) is 3.39. The van der Waals surface area contributed by atoms with Gasteiger partial charge in [0, 0.05) is 24.5 Å². The number of ether oxygens (including phenoxy) is 2. The molecule has 1 saturated heterocycles. The van der Waals surface area contributed by atoms with Gasteiger partial charge in [-0.15, -0.1) is 0 Å². The fraction of sp³-hybridized carbons (Fsp3) is 0.269. The highest BCUT2D eigenvalue weighted by Crippen LogP contribution is 2.32. The third-order valence-corrected chi connectivity index (χ3v) is 7.26. The Morgan fingerprint density at radius 1 is 0.857 bits per heavy atom. The molecule has 1 amide bonds. The van der Waals surface area contributed by atoms with Crippen LogP contribution in [0.25, 0.3) is 0 Å². The molecule has 35 heavy (non-hydrogen) atoms. The second-order valence-corrected chi connectivity index (χ2v) is 9.93. The molecule has 0 bridgehead atoms. The number of nitrogens with zero attached hydrogens (tertiary/aromatic N) is 1. The zero-order valence-electron chi connectivity index (χ0n) is 19.8. The van der Waals surface area contributed by atoms with Gasteiger partial charge in [-0.25, -0.2) is 8.42 Å². The Labute approximate surface area is 205 Å². The Morgan fingerprint density at radius 2 is 1.43 bits per heavy atom. The number of hydrogen-bond acceptors (Lipinski definition) is 6. The molecule has 3 aromatic rings. The van der Waals surface area contributed by atoms with E-state index in [4.69, 9.17) is 9.47 Å². The highest BCUT2D eigenvalue weighted by Gasteiger charge is 2.25. The van der Waals surface area contributed by atoms with E-state index in [1.165, 1.54) is 6.07 Å². The van der Waals surface area contributed by atoms with Crippen molar-refractivity contribution in [2.24, 2.45) is 0 Å². The summed E-state index contributed by atoms with van der Waals surface area (Å²) < 4.78 is 39.8. The topological polar surface area (TPSA) is 97.0 Å². The smallest absolute Gasteiger partial charge is 0.264 e. The lowest BCUT2D eigenvalue weighted by Gasteiger charge is -2.22. The molecule has 0 unspecified atom stereocenters. The molecular formula is C26H29N3O5S. The molecule has 1 aliphatic rings. The molecule has 1 heterocycles. The number of sulfonamides is 1. The minimum Gasteiger partial charge on any atom is -0.497 e. The summed E-state index contributed by atoms with van der Waals surface area (Å²) in [5.74, 6) is 1.11. The number of methoxy groups -OCH3 is 2. The lowest BCUT2D eigenvalue weighted by atomic mass is 10.1. The highest BCUT2D eigenvalue weighted by molar-refractivity contribution is 7.92. The molecule has 0 radical (unpaired) electrons. The van der Waals surface area contributed by atoms with E-state index >= 15 is 0 Å². The predicted molar refractivity (Wildman–Crippen MR) is 137 cm³/mol. The predicted octanol–water partition coefficient (Wildman–Crippen LogP) is 4.29. The van der Waals surface area contributed by atoms with Crippen molar-refractivity contribution in [3.8, 4) is 11.5 Å². The van der Waals surface area contributed by atoms with Crippen molar-refractivity contribution in [2.75, 3.05) is 42.2 Å². The summed E-state index contributed by atoms with van der Waals surface area (Å²) in [4.78, 5) is 14.8. The molecule has 8 nitrogen and oxygen atoms in total. The molecule has 184 valence electrons. The standard InChI is InChI=1S/C26H29N3O5S/c1-33-22-10-5-19(6-11-22)17-26(30)27-21-9-14-24(29-15-3-4-16-29)25(18-21)35(31,32)28-20-7-12-23(34-2)13-8-20/h5-14,18,28H,3-4,15-17H2,1-2H3,(H,27,30). The molecular weight excluding hydrogens is 466 g/mol. The van der Waals surface area contributed by atoms with E-state index < -0.39 is 10.0 Å². The van der Waals surface area contributed by atoms with Crippen molar-refractivity contribution >= 4 is 33.0 Å². The second kappa shape index (κ2) is 10.7. The van der Waals surface area contributed by atoms with Crippen LogP contribution in [0, 0.1) is 0 Å². The molecule has 4 rings (SSSR count). The lowest BCUT2D eigenvalue weighted by Crippen LogP contribution is -2.23. The number of benzene rings is 3. The van der Waals surface area contributed by atoms with Gasteiger partial charge in [-0.05, 0) is 73.0 Å². The minimum atomic E-state index is -3.92. The number of nitrogens with one attached hydrogen (secondary N) is 2. The molecule has 0 aromatic heterocycles. The molecule has 1 fully saturated rings. The van der Waals surface area contributed by atoms with E-state index in [1.807, 2.05) is 12.1 Å². The van der Waals surface area contributed by atoms with Gasteiger partial charge >= 0.3 is 0 Å². The van der Waals surface area contributed by atoms with Crippen LogP contribution in [-0.2, 0) is 21.2 Å². The summed E-state index contributed by atoms with van der Waals surface area (Å²) in [6.07, 6.45) is 2.17. The lowest BCUT2D eigenvalue weighted by molar-refractivity contribution is -0.115. The molecule has 9 heteroatoms. The van der Waals surface area contributed by atoms with Crippen LogP contribution < -0.4 is 24.4 Å². The Hall–Kier alpha value is -3.72. The number of hydrogen-bond donors (Lipinski definition) is 2. The van der Waals surface area contributed by atoms with Crippen molar-refractivity contribution in [3.63, 3.8) is 0 Å². The molecule has 0 aliphatic carbocycles. The van der Waals surface area contributed by atoms with Gasteiger partial charge in [0.05, 0.1) is 26.3 Å². The van der Waals surface area contributed by atoms with E-state index in [1.54, 1.807) is 62.8 Å². The summed E-state index contributed by atoms with van der Waals surface area (Å²) >= 11 is 0. The van der Waals surface area contributed by atoms with Crippen LogP contribution in [-0.4, -0.2) is 41.6 Å².